The summed E-state index contributed by atoms with van der Waals surface area (Å²) in [5.41, 5.74) is 1.81. The number of nitrogens with zero attached hydrogens (tertiary/aromatic N) is 1. The lowest BCUT2D eigenvalue weighted by Gasteiger charge is -2.07. The fraction of sp³-hybridized carbons (Fsp3) is 0. The molecule has 0 aliphatic heterocycles. The Morgan fingerprint density at radius 2 is 1.71 bits per heavy atom. The predicted molar refractivity (Wildman–Crippen MR) is 80.0 cm³/mol. The quantitative estimate of drug-likeness (QED) is 0.774. The molecule has 0 aliphatic carbocycles. The van der Waals surface area contributed by atoms with Gasteiger partial charge in [0.2, 0.25) is 5.95 Å². The van der Waals surface area contributed by atoms with Crippen LogP contribution in [0, 0.1) is 5.82 Å². The van der Waals surface area contributed by atoms with E-state index in [1.807, 2.05) is 30.3 Å². The van der Waals surface area contributed by atoms with E-state index in [1.54, 1.807) is 12.1 Å². The maximum Gasteiger partial charge on any atom is 0.252 e. The highest BCUT2D eigenvalue weighted by atomic mass is 19.1. The lowest BCUT2D eigenvalue weighted by atomic mass is 10.1. The number of anilines is 2. The largest absolute Gasteiger partial charge is 0.326 e. The number of nitrogens with one attached hydrogen (secondary N) is 2. The molecule has 1 heterocycles. The van der Waals surface area contributed by atoms with Crippen LogP contribution in [0.3, 0.4) is 0 Å². The summed E-state index contributed by atoms with van der Waals surface area (Å²) in [4.78, 5) is 18.7. The number of halogens is 1. The van der Waals surface area contributed by atoms with Crippen LogP contribution in [0.15, 0.2) is 65.5 Å². The molecule has 0 saturated heterocycles. The predicted octanol–water partition coefficient (Wildman–Crippen LogP) is 3.32. The molecule has 0 unspecified atom stereocenters. The lowest BCUT2D eigenvalue weighted by Crippen LogP contribution is -2.10. The summed E-state index contributed by atoms with van der Waals surface area (Å²) < 4.78 is 12.9. The second-order valence-electron chi connectivity index (χ2n) is 4.48. The molecule has 104 valence electrons. The van der Waals surface area contributed by atoms with E-state index in [0.29, 0.717) is 17.3 Å². The molecule has 5 heteroatoms. The van der Waals surface area contributed by atoms with Crippen LogP contribution >= 0.6 is 0 Å². The molecule has 4 nitrogen and oxygen atoms in total. The summed E-state index contributed by atoms with van der Waals surface area (Å²) in [6, 6.07) is 16.7. The first kappa shape index (κ1) is 13.1. The molecular formula is C16H12FN3O. The van der Waals surface area contributed by atoms with Crippen molar-refractivity contribution in [1.29, 1.82) is 0 Å². The minimum Gasteiger partial charge on any atom is -0.326 e. The number of aromatic amines is 1. The van der Waals surface area contributed by atoms with Gasteiger partial charge in [0.1, 0.15) is 5.82 Å². The monoisotopic (exact) mass is 281 g/mol. The number of aromatic nitrogens is 2. The van der Waals surface area contributed by atoms with E-state index in [4.69, 9.17) is 0 Å². The third kappa shape index (κ3) is 3.14. The van der Waals surface area contributed by atoms with Crippen molar-refractivity contribution in [3.8, 4) is 11.3 Å². The zero-order chi connectivity index (χ0) is 14.7. The maximum atomic E-state index is 12.9. The van der Waals surface area contributed by atoms with Gasteiger partial charge in [-0.1, -0.05) is 30.3 Å². The number of benzene rings is 2. The number of hydrogen-bond acceptors (Lipinski definition) is 3. The van der Waals surface area contributed by atoms with Gasteiger partial charge in [-0.2, -0.15) is 0 Å². The summed E-state index contributed by atoms with van der Waals surface area (Å²) in [7, 11) is 0. The van der Waals surface area contributed by atoms with E-state index in [-0.39, 0.29) is 11.4 Å². The van der Waals surface area contributed by atoms with E-state index >= 15 is 0 Å². The number of H-pyrrole nitrogens is 1. The Balaban J connectivity index is 1.95. The average Bonchev–Trinajstić information content (AvgIpc) is 2.50. The van der Waals surface area contributed by atoms with Crippen LogP contribution in [0.25, 0.3) is 11.3 Å². The highest BCUT2D eigenvalue weighted by Gasteiger charge is 2.04. The van der Waals surface area contributed by atoms with Crippen LogP contribution in [0.4, 0.5) is 16.0 Å². The molecule has 0 fully saturated rings. The molecule has 0 radical (unpaired) electrons. The topological polar surface area (TPSA) is 57.8 Å². The summed E-state index contributed by atoms with van der Waals surface area (Å²) in [6.45, 7) is 0. The van der Waals surface area contributed by atoms with Crippen LogP contribution in [-0.4, -0.2) is 9.97 Å². The molecule has 0 spiro atoms. The Labute approximate surface area is 120 Å². The van der Waals surface area contributed by atoms with E-state index in [9.17, 15) is 9.18 Å². The number of rotatable bonds is 3. The SMILES string of the molecule is O=c1cc(-c2ccccc2)nc(Nc2ccc(F)cc2)[nH]1. The van der Waals surface area contributed by atoms with Crippen molar-refractivity contribution in [2.24, 2.45) is 0 Å². The van der Waals surface area contributed by atoms with Gasteiger partial charge in [0.15, 0.2) is 0 Å². The minimum absolute atomic E-state index is 0.256. The van der Waals surface area contributed by atoms with E-state index in [0.717, 1.165) is 5.56 Å². The van der Waals surface area contributed by atoms with Crippen LogP contribution in [0.5, 0.6) is 0 Å². The second-order valence-corrected chi connectivity index (χ2v) is 4.48. The van der Waals surface area contributed by atoms with Gasteiger partial charge in [-0.3, -0.25) is 9.78 Å². The van der Waals surface area contributed by atoms with E-state index < -0.39 is 0 Å². The molecule has 3 aromatic rings. The maximum absolute atomic E-state index is 12.9. The van der Waals surface area contributed by atoms with Gasteiger partial charge in [0.05, 0.1) is 5.69 Å². The van der Waals surface area contributed by atoms with Gasteiger partial charge in [0.25, 0.3) is 5.56 Å². The van der Waals surface area contributed by atoms with Gasteiger partial charge in [-0.15, -0.1) is 0 Å². The van der Waals surface area contributed by atoms with Crippen LogP contribution < -0.4 is 10.9 Å². The van der Waals surface area contributed by atoms with Gasteiger partial charge >= 0.3 is 0 Å². The highest BCUT2D eigenvalue weighted by molar-refractivity contribution is 5.61. The standard InChI is InChI=1S/C16H12FN3O/c17-12-6-8-13(9-7-12)18-16-19-14(10-15(21)20-16)11-4-2-1-3-5-11/h1-10H,(H2,18,19,20,21). The fourth-order valence-electron chi connectivity index (χ4n) is 1.94. The molecule has 21 heavy (non-hydrogen) atoms. The second kappa shape index (κ2) is 5.58. The van der Waals surface area contributed by atoms with Crippen molar-refractivity contribution in [1.82, 2.24) is 9.97 Å². The number of hydrogen-bond donors (Lipinski definition) is 2. The molecule has 2 N–H and O–H groups in total. The molecular weight excluding hydrogens is 269 g/mol. The first-order valence-electron chi connectivity index (χ1n) is 6.40. The van der Waals surface area contributed by atoms with Crippen LogP contribution in [0.2, 0.25) is 0 Å². The molecule has 0 amide bonds. The Morgan fingerprint density at radius 1 is 1.00 bits per heavy atom. The molecule has 0 atom stereocenters. The van der Waals surface area contributed by atoms with Gasteiger partial charge in [-0.25, -0.2) is 9.37 Å². The van der Waals surface area contributed by atoms with E-state index in [1.165, 1.54) is 18.2 Å². The van der Waals surface area contributed by atoms with Crippen molar-refractivity contribution in [2.45, 2.75) is 0 Å². The molecule has 0 bridgehead atoms. The summed E-state index contributed by atoms with van der Waals surface area (Å²) in [6.07, 6.45) is 0. The van der Waals surface area contributed by atoms with Crippen molar-refractivity contribution in [2.75, 3.05) is 5.32 Å². The van der Waals surface area contributed by atoms with Crippen LogP contribution in [0.1, 0.15) is 0 Å². The summed E-state index contributed by atoms with van der Waals surface area (Å²) in [5, 5.41) is 2.95. The normalized spacial score (nSPS) is 10.3. The van der Waals surface area contributed by atoms with Gasteiger partial charge < -0.3 is 5.32 Å². The van der Waals surface area contributed by atoms with Gasteiger partial charge in [-0.05, 0) is 24.3 Å². The summed E-state index contributed by atoms with van der Waals surface area (Å²) >= 11 is 0. The zero-order valence-corrected chi connectivity index (χ0v) is 11.0. The van der Waals surface area contributed by atoms with Crippen LogP contribution in [-0.2, 0) is 0 Å². The molecule has 1 aromatic heterocycles. The lowest BCUT2D eigenvalue weighted by molar-refractivity contribution is 0.628. The van der Waals surface area contributed by atoms with Gasteiger partial charge in [0, 0.05) is 17.3 Å². The third-order valence-electron chi connectivity index (χ3n) is 2.92. The van der Waals surface area contributed by atoms with Crippen molar-refractivity contribution < 1.29 is 4.39 Å². The first-order valence-corrected chi connectivity index (χ1v) is 6.40. The zero-order valence-electron chi connectivity index (χ0n) is 11.0. The molecule has 0 saturated carbocycles. The smallest absolute Gasteiger partial charge is 0.252 e. The first-order chi connectivity index (χ1) is 10.2. The van der Waals surface area contributed by atoms with E-state index in [2.05, 4.69) is 15.3 Å². The van der Waals surface area contributed by atoms with Crippen molar-refractivity contribution in [3.05, 3.63) is 76.8 Å². The Kier molecular flexibility index (Phi) is 3.47. The molecule has 3 rings (SSSR count). The fourth-order valence-corrected chi connectivity index (χ4v) is 1.94. The third-order valence-corrected chi connectivity index (χ3v) is 2.92. The molecule has 2 aromatic carbocycles. The highest BCUT2D eigenvalue weighted by Crippen LogP contribution is 2.17. The summed E-state index contributed by atoms with van der Waals surface area (Å²) in [5.74, 6) is -0.00648. The van der Waals surface area contributed by atoms with Crippen molar-refractivity contribution >= 4 is 11.6 Å². The Hall–Kier alpha value is -2.95. The average molecular weight is 281 g/mol. The molecule has 0 aliphatic rings. The minimum atomic E-state index is -0.319. The Morgan fingerprint density at radius 3 is 2.43 bits per heavy atom. The Bertz CT molecular complexity index is 798. The van der Waals surface area contributed by atoms with Crippen molar-refractivity contribution in [3.63, 3.8) is 0 Å².